The van der Waals surface area contributed by atoms with Gasteiger partial charge in [0, 0.05) is 0 Å². The molecule has 0 amide bonds. The Kier molecular flexibility index (Phi) is 8.66. The quantitative estimate of drug-likeness (QED) is 0.400. The molecule has 0 saturated heterocycles. The van der Waals surface area contributed by atoms with E-state index in [0.717, 1.165) is 14.1 Å². The monoisotopic (exact) mass is 462 g/mol. The molecule has 0 aromatic rings. The van der Waals surface area contributed by atoms with Crippen LogP contribution in [0.1, 0.15) is 0 Å². The molecular formula is P2Se5. The maximum atomic E-state index is 3.08. The molecule has 0 N–H and O–H groups in total. The van der Waals surface area contributed by atoms with Crippen molar-refractivity contribution < 1.29 is 0 Å². The maximum absolute atomic E-state index is 3.08. The summed E-state index contributed by atoms with van der Waals surface area (Å²) >= 11 is 13.1. The Labute approximate surface area is 79.4 Å². The molecular weight excluding hydrogens is 457 g/mol. The Morgan fingerprint density at radius 2 is 1.14 bits per heavy atom. The second-order valence-electron chi connectivity index (χ2n) is 0.529. The van der Waals surface area contributed by atoms with E-state index in [0.29, 0.717) is 0 Å². The van der Waals surface area contributed by atoms with Gasteiger partial charge in [-0.25, -0.2) is 0 Å². The zero-order valence-electron chi connectivity index (χ0n) is 2.94. The molecule has 0 nitrogen and oxygen atoms in total. The first-order chi connectivity index (χ1) is 3.13. The summed E-state index contributed by atoms with van der Waals surface area (Å²) in [5, 5.41) is 0. The minimum absolute atomic E-state index is 0.139. The third kappa shape index (κ3) is 9.20. The molecule has 0 aliphatic carbocycles. The van der Waals surface area contributed by atoms with E-state index in [4.69, 9.17) is 0 Å². The van der Waals surface area contributed by atoms with Gasteiger partial charge in [-0.15, -0.1) is 0 Å². The average Bonchev–Trinajstić information content (AvgIpc) is 1.27. The van der Waals surface area contributed by atoms with Gasteiger partial charge in [-0.3, -0.25) is 0 Å². The Hall–Kier alpha value is 3.20. The van der Waals surface area contributed by atoms with Gasteiger partial charge in [0.05, 0.1) is 0 Å². The van der Waals surface area contributed by atoms with E-state index < -0.39 is 0 Å². The van der Waals surface area contributed by atoms with E-state index in [-0.39, 0.29) is 6.21 Å². The molecule has 40 valence electrons. The van der Waals surface area contributed by atoms with E-state index in [1.807, 2.05) is 0 Å². The van der Waals surface area contributed by atoms with Crippen molar-refractivity contribution in [3.8, 4) is 0 Å². The van der Waals surface area contributed by atoms with Gasteiger partial charge in [0.2, 0.25) is 0 Å². The van der Waals surface area contributed by atoms with Gasteiger partial charge in [-0.1, -0.05) is 0 Å². The third-order valence-corrected chi connectivity index (χ3v) is 32.4. The first-order valence-electron chi connectivity index (χ1n) is 1.10. The molecule has 0 unspecified atom stereocenters. The molecule has 7 heteroatoms. The second-order valence-corrected chi connectivity index (χ2v) is 40.0. The average molecular weight is 457 g/mol. The van der Waals surface area contributed by atoms with Crippen molar-refractivity contribution in [1.82, 2.24) is 0 Å². The van der Waals surface area contributed by atoms with Crippen LogP contribution in [0.15, 0.2) is 0 Å². The van der Waals surface area contributed by atoms with Crippen LogP contribution in [0.2, 0.25) is 0 Å². The third-order valence-electron chi connectivity index (χ3n) is 0.133. The predicted molar refractivity (Wildman–Crippen MR) is 42.6 cm³/mol. The second kappa shape index (κ2) is 5.94. The van der Waals surface area contributed by atoms with Gasteiger partial charge < -0.3 is 0 Å². The molecule has 0 saturated carbocycles. The van der Waals surface area contributed by atoms with Crippen LogP contribution in [-0.4, -0.2) is 74.5 Å². The fourth-order valence-electron chi connectivity index (χ4n) is 0.0544. The van der Waals surface area contributed by atoms with Crippen LogP contribution in [0.5, 0.6) is 0 Å². The standard InChI is InChI=1S/P2Se5/c3-1(4)7-2(5)6. The zero-order chi connectivity index (χ0) is 5.86. The summed E-state index contributed by atoms with van der Waals surface area (Å²) in [6.07, 6.45) is 0. The van der Waals surface area contributed by atoms with E-state index in [1.54, 1.807) is 0 Å². The molecule has 0 aromatic heterocycles. The van der Waals surface area contributed by atoms with Crippen LogP contribution in [0.3, 0.4) is 0 Å². The van der Waals surface area contributed by atoms with Crippen molar-refractivity contribution in [2.24, 2.45) is 0 Å². The predicted octanol–water partition coefficient (Wildman–Crippen LogP) is -0.182. The van der Waals surface area contributed by atoms with E-state index in [2.05, 4.69) is 60.4 Å². The number of rotatable bonds is 2. The summed E-state index contributed by atoms with van der Waals surface area (Å²) < 4.78 is 0.278. The first-order valence-corrected chi connectivity index (χ1v) is 17.1. The van der Waals surface area contributed by atoms with Crippen LogP contribution in [0, 0.1) is 0 Å². The molecule has 0 fully saturated rings. The van der Waals surface area contributed by atoms with Crippen LogP contribution in [0.4, 0.5) is 0 Å². The van der Waals surface area contributed by atoms with Crippen molar-refractivity contribution in [3.05, 3.63) is 0 Å². The Balaban J connectivity index is 3.77. The van der Waals surface area contributed by atoms with Gasteiger partial charge in [0.15, 0.2) is 0 Å². The molecule has 7 heavy (non-hydrogen) atoms. The van der Waals surface area contributed by atoms with Crippen LogP contribution >= 0.6 is 6.21 Å². The summed E-state index contributed by atoms with van der Waals surface area (Å²) in [7, 11) is 0. The molecule has 0 aliphatic rings. The van der Waals surface area contributed by atoms with E-state index >= 15 is 0 Å². The van der Waals surface area contributed by atoms with Crippen molar-refractivity contribution in [3.63, 3.8) is 0 Å². The fraction of sp³-hybridized carbons (Fsp3) is 0. The summed E-state index contributed by atoms with van der Waals surface area (Å²) in [6.45, 7) is 0. The SMILES string of the molecule is [Se]=P(=[Se])[Se]P(=[Se])=[Se]. The fourth-order valence-corrected chi connectivity index (χ4v) is 68.7. The first kappa shape index (κ1) is 10.2. The van der Waals surface area contributed by atoms with Crippen LogP contribution < -0.4 is 0 Å². The van der Waals surface area contributed by atoms with Gasteiger partial charge in [0.25, 0.3) is 0 Å². The molecule has 0 atom stereocenters. The van der Waals surface area contributed by atoms with Gasteiger partial charge in [-0.2, -0.15) is 0 Å². The Morgan fingerprint density at radius 1 is 0.857 bits per heavy atom. The minimum atomic E-state index is 0.139. The summed E-state index contributed by atoms with van der Waals surface area (Å²) in [4.78, 5) is 0. The van der Waals surface area contributed by atoms with Crippen LogP contribution in [0.25, 0.3) is 0 Å². The molecule has 0 heterocycles. The summed E-state index contributed by atoms with van der Waals surface area (Å²) in [6, 6.07) is 0. The molecule has 0 aromatic carbocycles. The normalized spacial score (nSPS) is 8.00. The summed E-state index contributed by atoms with van der Waals surface area (Å²) in [5.41, 5.74) is 0. The molecule has 0 bridgehead atoms. The Bertz CT molecular complexity index is 135. The van der Waals surface area contributed by atoms with E-state index in [1.165, 1.54) is 0 Å². The van der Waals surface area contributed by atoms with Gasteiger partial charge in [-0.05, 0) is 0 Å². The molecule has 0 aliphatic heterocycles. The molecule has 0 radical (unpaired) electrons. The van der Waals surface area contributed by atoms with E-state index in [9.17, 15) is 0 Å². The van der Waals surface area contributed by atoms with Gasteiger partial charge >= 0.3 is 80.7 Å². The van der Waals surface area contributed by atoms with Crippen molar-refractivity contribution in [1.29, 1.82) is 0 Å². The summed E-state index contributed by atoms with van der Waals surface area (Å²) in [5.74, 6) is 0. The van der Waals surface area contributed by atoms with Crippen molar-refractivity contribution in [2.75, 3.05) is 0 Å². The number of hydrogen-bond donors (Lipinski definition) is 0. The Morgan fingerprint density at radius 3 is 1.14 bits per heavy atom. The zero-order valence-corrected chi connectivity index (χ0v) is 13.3. The molecule has 0 spiro atoms. The topological polar surface area (TPSA) is 0 Å². The molecule has 0 rings (SSSR count). The number of hydrogen-bond acceptors (Lipinski definition) is 0. The van der Waals surface area contributed by atoms with Crippen LogP contribution in [-0.2, 0) is 0 Å². The van der Waals surface area contributed by atoms with Gasteiger partial charge in [0.1, 0.15) is 0 Å². The van der Waals surface area contributed by atoms with Crippen molar-refractivity contribution in [2.45, 2.75) is 0 Å². The van der Waals surface area contributed by atoms with Crippen molar-refractivity contribution >= 4 is 80.7 Å².